The zero-order valence-corrected chi connectivity index (χ0v) is 11.6. The summed E-state index contributed by atoms with van der Waals surface area (Å²) in [5, 5.41) is 0. The second-order valence-electron chi connectivity index (χ2n) is 4.72. The lowest BCUT2D eigenvalue weighted by Gasteiger charge is -2.33. The van der Waals surface area contributed by atoms with E-state index in [1.54, 1.807) is 17.0 Å². The van der Waals surface area contributed by atoms with E-state index < -0.39 is 6.04 Å². The predicted molar refractivity (Wildman–Crippen MR) is 73.3 cm³/mol. The molecule has 20 heavy (non-hydrogen) atoms. The van der Waals surface area contributed by atoms with E-state index in [9.17, 15) is 9.59 Å². The standard InChI is InChI=1S/C15H19NO4/c1-19-15(18)13-9-5-6-10-16(13)14(17)11-20-12-7-3-2-4-8-12/h2-4,7-8,13H,5-6,9-11H2,1H3/t13-/m1/s1. The number of carbonyl (C=O) groups is 2. The van der Waals surface area contributed by atoms with Crippen molar-refractivity contribution in [1.82, 2.24) is 4.90 Å². The lowest BCUT2D eigenvalue weighted by molar-refractivity contribution is -0.155. The Morgan fingerprint density at radius 2 is 2.00 bits per heavy atom. The quantitative estimate of drug-likeness (QED) is 0.785. The van der Waals surface area contributed by atoms with Gasteiger partial charge in [-0.15, -0.1) is 0 Å². The maximum absolute atomic E-state index is 12.2. The number of para-hydroxylation sites is 1. The van der Waals surface area contributed by atoms with E-state index in [-0.39, 0.29) is 18.5 Å². The Morgan fingerprint density at radius 1 is 1.25 bits per heavy atom. The first-order valence-corrected chi connectivity index (χ1v) is 6.77. The third-order valence-corrected chi connectivity index (χ3v) is 3.40. The first-order valence-electron chi connectivity index (χ1n) is 6.77. The van der Waals surface area contributed by atoms with Crippen LogP contribution < -0.4 is 4.74 Å². The molecule has 0 N–H and O–H groups in total. The lowest BCUT2D eigenvalue weighted by atomic mass is 10.0. The van der Waals surface area contributed by atoms with E-state index in [4.69, 9.17) is 9.47 Å². The molecular formula is C15H19NO4. The SMILES string of the molecule is COC(=O)[C@H]1CCCCN1C(=O)COc1ccccc1. The third-order valence-electron chi connectivity index (χ3n) is 3.40. The zero-order valence-electron chi connectivity index (χ0n) is 11.6. The molecule has 5 nitrogen and oxygen atoms in total. The Labute approximate surface area is 118 Å². The number of hydrogen-bond acceptors (Lipinski definition) is 4. The molecule has 1 saturated heterocycles. The van der Waals surface area contributed by atoms with Crippen molar-refractivity contribution in [3.8, 4) is 5.75 Å². The van der Waals surface area contributed by atoms with Crippen LogP contribution in [-0.4, -0.2) is 43.1 Å². The maximum Gasteiger partial charge on any atom is 0.328 e. The van der Waals surface area contributed by atoms with Crippen molar-refractivity contribution < 1.29 is 19.1 Å². The fraction of sp³-hybridized carbons (Fsp3) is 0.467. The second-order valence-corrected chi connectivity index (χ2v) is 4.72. The molecule has 0 saturated carbocycles. The minimum atomic E-state index is -0.472. The molecule has 0 aliphatic carbocycles. The minimum absolute atomic E-state index is 0.0580. The van der Waals surface area contributed by atoms with Gasteiger partial charge in [-0.1, -0.05) is 18.2 Å². The Morgan fingerprint density at radius 3 is 2.70 bits per heavy atom. The fourth-order valence-corrected chi connectivity index (χ4v) is 2.36. The van der Waals surface area contributed by atoms with Gasteiger partial charge >= 0.3 is 5.97 Å². The third kappa shape index (κ3) is 3.50. The van der Waals surface area contributed by atoms with Crippen LogP contribution in [0.3, 0.4) is 0 Å². The van der Waals surface area contributed by atoms with Crippen LogP contribution in [-0.2, 0) is 14.3 Å². The molecule has 1 atom stereocenters. The van der Waals surface area contributed by atoms with Gasteiger partial charge in [0.2, 0.25) is 0 Å². The molecule has 0 bridgehead atoms. The van der Waals surface area contributed by atoms with Crippen molar-refractivity contribution in [2.24, 2.45) is 0 Å². The van der Waals surface area contributed by atoms with Crippen LogP contribution in [0.4, 0.5) is 0 Å². The average molecular weight is 277 g/mol. The highest BCUT2D eigenvalue weighted by Crippen LogP contribution is 2.18. The summed E-state index contributed by atoms with van der Waals surface area (Å²) in [7, 11) is 1.35. The molecule has 0 unspecified atom stereocenters. The molecule has 1 aliphatic rings. The Hall–Kier alpha value is -2.04. The Kier molecular flexibility index (Phi) is 4.98. The van der Waals surface area contributed by atoms with Crippen LogP contribution in [0.15, 0.2) is 30.3 Å². The van der Waals surface area contributed by atoms with Gasteiger partial charge in [0, 0.05) is 6.54 Å². The van der Waals surface area contributed by atoms with E-state index >= 15 is 0 Å². The summed E-state index contributed by atoms with van der Waals surface area (Å²) in [6.07, 6.45) is 2.50. The molecule has 0 aromatic heterocycles. The number of hydrogen-bond donors (Lipinski definition) is 0. The highest BCUT2D eigenvalue weighted by atomic mass is 16.5. The van der Waals surface area contributed by atoms with Gasteiger partial charge in [-0.25, -0.2) is 4.79 Å². The number of nitrogens with zero attached hydrogens (tertiary/aromatic N) is 1. The Bertz CT molecular complexity index is 460. The molecule has 0 radical (unpaired) electrons. The number of methoxy groups -OCH3 is 1. The number of likely N-dealkylation sites (tertiary alicyclic amines) is 1. The van der Waals surface area contributed by atoms with Crippen molar-refractivity contribution in [3.63, 3.8) is 0 Å². The fourth-order valence-electron chi connectivity index (χ4n) is 2.36. The van der Waals surface area contributed by atoms with Crippen LogP contribution in [0, 0.1) is 0 Å². The molecule has 1 aromatic carbocycles. The van der Waals surface area contributed by atoms with Crippen molar-refractivity contribution in [1.29, 1.82) is 0 Å². The van der Waals surface area contributed by atoms with Gasteiger partial charge in [-0.2, -0.15) is 0 Å². The topological polar surface area (TPSA) is 55.8 Å². The zero-order chi connectivity index (χ0) is 14.4. The average Bonchev–Trinajstić information content (AvgIpc) is 2.52. The summed E-state index contributed by atoms with van der Waals surface area (Å²) >= 11 is 0. The summed E-state index contributed by atoms with van der Waals surface area (Å²) in [4.78, 5) is 25.5. The number of rotatable bonds is 4. The van der Waals surface area contributed by atoms with Crippen LogP contribution in [0.1, 0.15) is 19.3 Å². The number of esters is 1. The number of amides is 1. The van der Waals surface area contributed by atoms with Gasteiger partial charge in [0.05, 0.1) is 7.11 Å². The van der Waals surface area contributed by atoms with Crippen molar-refractivity contribution in [2.75, 3.05) is 20.3 Å². The summed E-state index contributed by atoms with van der Waals surface area (Å²) in [5.74, 6) is 0.120. The van der Waals surface area contributed by atoms with E-state index in [2.05, 4.69) is 0 Å². The van der Waals surface area contributed by atoms with Crippen molar-refractivity contribution in [3.05, 3.63) is 30.3 Å². The largest absolute Gasteiger partial charge is 0.484 e. The smallest absolute Gasteiger partial charge is 0.328 e. The number of carbonyl (C=O) groups excluding carboxylic acids is 2. The Balaban J connectivity index is 1.94. The van der Waals surface area contributed by atoms with Gasteiger partial charge in [-0.05, 0) is 31.4 Å². The van der Waals surface area contributed by atoms with Gasteiger partial charge in [-0.3, -0.25) is 4.79 Å². The van der Waals surface area contributed by atoms with E-state index in [0.29, 0.717) is 18.7 Å². The molecule has 1 amide bonds. The molecular weight excluding hydrogens is 258 g/mol. The maximum atomic E-state index is 12.2. The normalized spacial score (nSPS) is 18.4. The monoisotopic (exact) mass is 277 g/mol. The predicted octanol–water partition coefficient (Wildman–Crippen LogP) is 1.62. The van der Waals surface area contributed by atoms with Crippen LogP contribution in [0.5, 0.6) is 5.75 Å². The molecule has 1 aromatic rings. The summed E-state index contributed by atoms with van der Waals surface area (Å²) in [6, 6.07) is 8.69. The lowest BCUT2D eigenvalue weighted by Crippen LogP contribution is -2.50. The molecule has 2 rings (SSSR count). The minimum Gasteiger partial charge on any atom is -0.484 e. The number of benzene rings is 1. The molecule has 0 spiro atoms. The molecule has 1 aliphatic heterocycles. The summed E-state index contributed by atoms with van der Waals surface area (Å²) < 4.78 is 10.2. The number of ether oxygens (including phenoxy) is 2. The number of piperidine rings is 1. The van der Waals surface area contributed by atoms with Crippen molar-refractivity contribution >= 4 is 11.9 Å². The second kappa shape index (κ2) is 6.93. The molecule has 108 valence electrons. The van der Waals surface area contributed by atoms with Crippen molar-refractivity contribution in [2.45, 2.75) is 25.3 Å². The van der Waals surface area contributed by atoms with Crippen LogP contribution >= 0.6 is 0 Å². The summed E-state index contributed by atoms with van der Waals surface area (Å²) in [5.41, 5.74) is 0. The van der Waals surface area contributed by atoms with Gasteiger partial charge in [0.1, 0.15) is 11.8 Å². The molecule has 1 fully saturated rings. The van der Waals surface area contributed by atoms with Gasteiger partial charge < -0.3 is 14.4 Å². The highest BCUT2D eigenvalue weighted by Gasteiger charge is 2.32. The summed E-state index contributed by atoms with van der Waals surface area (Å²) in [6.45, 7) is 0.522. The van der Waals surface area contributed by atoms with Gasteiger partial charge in [0.15, 0.2) is 6.61 Å². The van der Waals surface area contributed by atoms with E-state index in [0.717, 1.165) is 12.8 Å². The molecule has 1 heterocycles. The van der Waals surface area contributed by atoms with E-state index in [1.807, 2.05) is 18.2 Å². The van der Waals surface area contributed by atoms with Gasteiger partial charge in [0.25, 0.3) is 5.91 Å². The first kappa shape index (κ1) is 14.4. The van der Waals surface area contributed by atoms with Crippen LogP contribution in [0.25, 0.3) is 0 Å². The van der Waals surface area contributed by atoms with Crippen LogP contribution in [0.2, 0.25) is 0 Å². The first-order chi connectivity index (χ1) is 9.72. The van der Waals surface area contributed by atoms with E-state index in [1.165, 1.54) is 7.11 Å². The molecule has 5 heteroatoms. The highest BCUT2D eigenvalue weighted by molar-refractivity contribution is 5.85.